The van der Waals surface area contributed by atoms with Gasteiger partial charge in [0.2, 0.25) is 0 Å². The SMILES string of the molecule is CCCCOP(=O)(OCCCc1ccccc1)OCCCc1ccccc1. The number of hydrogen-bond donors (Lipinski definition) is 0. The first kappa shape index (κ1) is 21.8. The molecule has 0 amide bonds. The van der Waals surface area contributed by atoms with Crippen LogP contribution in [0.15, 0.2) is 60.7 Å². The van der Waals surface area contributed by atoms with Crippen LogP contribution in [0.5, 0.6) is 0 Å². The molecule has 0 radical (unpaired) electrons. The van der Waals surface area contributed by atoms with Crippen molar-refractivity contribution < 1.29 is 18.1 Å². The summed E-state index contributed by atoms with van der Waals surface area (Å²) in [5, 5.41) is 0. The fourth-order valence-electron chi connectivity index (χ4n) is 2.63. The van der Waals surface area contributed by atoms with Crippen molar-refractivity contribution in [1.29, 1.82) is 0 Å². The van der Waals surface area contributed by atoms with E-state index in [1.165, 1.54) is 11.1 Å². The van der Waals surface area contributed by atoms with E-state index in [0.29, 0.717) is 19.8 Å². The van der Waals surface area contributed by atoms with Gasteiger partial charge in [0.1, 0.15) is 0 Å². The van der Waals surface area contributed by atoms with Crippen LogP contribution in [-0.2, 0) is 31.0 Å². The van der Waals surface area contributed by atoms with Gasteiger partial charge in [-0.3, -0.25) is 13.6 Å². The Balaban J connectivity index is 1.73. The van der Waals surface area contributed by atoms with Crippen LogP contribution in [0.25, 0.3) is 0 Å². The van der Waals surface area contributed by atoms with E-state index in [2.05, 4.69) is 31.2 Å². The molecule has 0 aromatic heterocycles. The lowest BCUT2D eigenvalue weighted by Crippen LogP contribution is -2.05. The lowest BCUT2D eigenvalue weighted by atomic mass is 10.1. The molecule has 0 aliphatic heterocycles. The largest absolute Gasteiger partial charge is 0.474 e. The number of phosphoric acid groups is 1. The quantitative estimate of drug-likeness (QED) is 0.284. The molecular weight excluding hydrogens is 359 g/mol. The van der Waals surface area contributed by atoms with Crippen molar-refractivity contribution in [3.8, 4) is 0 Å². The Morgan fingerprint density at radius 2 is 1.07 bits per heavy atom. The van der Waals surface area contributed by atoms with E-state index >= 15 is 0 Å². The summed E-state index contributed by atoms with van der Waals surface area (Å²) in [4.78, 5) is 0. The molecule has 0 saturated heterocycles. The number of phosphoric ester groups is 1. The molecule has 0 N–H and O–H groups in total. The van der Waals surface area contributed by atoms with Gasteiger partial charge >= 0.3 is 7.82 Å². The van der Waals surface area contributed by atoms with Crippen LogP contribution in [0.2, 0.25) is 0 Å². The maximum Gasteiger partial charge on any atom is 0.474 e. The molecule has 2 aromatic rings. The molecule has 0 saturated carbocycles. The van der Waals surface area contributed by atoms with Crippen molar-refractivity contribution in [2.45, 2.75) is 45.4 Å². The van der Waals surface area contributed by atoms with Crippen LogP contribution in [-0.4, -0.2) is 19.8 Å². The highest BCUT2D eigenvalue weighted by Gasteiger charge is 2.26. The molecule has 0 heterocycles. The molecule has 4 nitrogen and oxygen atoms in total. The van der Waals surface area contributed by atoms with Gasteiger partial charge in [-0.05, 0) is 43.2 Å². The summed E-state index contributed by atoms with van der Waals surface area (Å²) in [6.07, 6.45) is 5.12. The van der Waals surface area contributed by atoms with Crippen molar-refractivity contribution in [2.75, 3.05) is 19.8 Å². The van der Waals surface area contributed by atoms with E-state index in [4.69, 9.17) is 13.6 Å². The predicted molar refractivity (Wildman–Crippen MR) is 110 cm³/mol. The maximum absolute atomic E-state index is 12.8. The summed E-state index contributed by atoms with van der Waals surface area (Å²) >= 11 is 0. The lowest BCUT2D eigenvalue weighted by Gasteiger charge is -2.18. The third-order valence-corrected chi connectivity index (χ3v) is 5.65. The smallest absolute Gasteiger partial charge is 0.287 e. The molecule has 5 heteroatoms. The molecule has 0 aliphatic rings. The van der Waals surface area contributed by atoms with E-state index in [1.54, 1.807) is 0 Å². The summed E-state index contributed by atoms with van der Waals surface area (Å²) in [5.74, 6) is 0. The Bertz CT molecular complexity index is 609. The second-order valence-corrected chi connectivity index (χ2v) is 8.15. The molecule has 0 spiro atoms. The third kappa shape index (κ3) is 9.34. The highest BCUT2D eigenvalue weighted by atomic mass is 31.2. The first-order valence-electron chi connectivity index (χ1n) is 9.83. The van der Waals surface area contributed by atoms with Crippen molar-refractivity contribution in [3.05, 3.63) is 71.8 Å². The fourth-order valence-corrected chi connectivity index (χ4v) is 3.91. The Hall–Kier alpha value is -1.45. The number of aryl methyl sites for hydroxylation is 2. The van der Waals surface area contributed by atoms with Gasteiger partial charge in [-0.2, -0.15) is 0 Å². The summed E-state index contributed by atoms with van der Waals surface area (Å²) in [6.45, 7) is 3.18. The van der Waals surface area contributed by atoms with E-state index < -0.39 is 7.82 Å². The molecular formula is C22H31O4P. The van der Waals surface area contributed by atoms with Gasteiger partial charge in [-0.15, -0.1) is 0 Å². The normalized spacial score (nSPS) is 11.6. The van der Waals surface area contributed by atoms with Crippen LogP contribution in [0.3, 0.4) is 0 Å². The zero-order valence-corrected chi connectivity index (χ0v) is 17.1. The van der Waals surface area contributed by atoms with Gasteiger partial charge in [0.25, 0.3) is 0 Å². The van der Waals surface area contributed by atoms with Gasteiger partial charge in [0, 0.05) is 0 Å². The maximum atomic E-state index is 12.8. The summed E-state index contributed by atoms with van der Waals surface area (Å²) in [7, 11) is -3.49. The number of benzene rings is 2. The van der Waals surface area contributed by atoms with Crippen LogP contribution in [0.1, 0.15) is 43.7 Å². The van der Waals surface area contributed by atoms with Gasteiger partial charge in [0.15, 0.2) is 0 Å². The van der Waals surface area contributed by atoms with Crippen LogP contribution in [0.4, 0.5) is 0 Å². The van der Waals surface area contributed by atoms with Gasteiger partial charge in [-0.1, -0.05) is 74.0 Å². The van der Waals surface area contributed by atoms with Crippen LogP contribution in [0, 0.1) is 0 Å². The second-order valence-electron chi connectivity index (χ2n) is 6.48. The van der Waals surface area contributed by atoms with E-state index in [0.717, 1.165) is 38.5 Å². The molecule has 0 atom stereocenters. The van der Waals surface area contributed by atoms with E-state index in [-0.39, 0.29) is 0 Å². The molecule has 2 aromatic carbocycles. The van der Waals surface area contributed by atoms with E-state index in [1.807, 2.05) is 36.4 Å². The summed E-state index contributed by atoms with van der Waals surface area (Å²) in [6, 6.07) is 20.4. The standard InChI is InChI=1S/C22H31O4P/c1-2-3-18-24-27(23,25-19-10-16-21-12-6-4-7-13-21)26-20-11-17-22-14-8-5-9-15-22/h4-9,12-15H,2-3,10-11,16-20H2,1H3. The second kappa shape index (κ2) is 12.9. The lowest BCUT2D eigenvalue weighted by molar-refractivity contribution is 0.110. The van der Waals surface area contributed by atoms with Crippen LogP contribution >= 0.6 is 7.82 Å². The van der Waals surface area contributed by atoms with Crippen LogP contribution < -0.4 is 0 Å². The minimum absolute atomic E-state index is 0.358. The molecule has 0 aliphatic carbocycles. The first-order valence-corrected chi connectivity index (χ1v) is 11.3. The zero-order valence-electron chi connectivity index (χ0n) is 16.2. The molecule has 148 valence electrons. The molecule has 0 unspecified atom stereocenters. The highest BCUT2D eigenvalue weighted by molar-refractivity contribution is 7.48. The van der Waals surface area contributed by atoms with Crippen molar-refractivity contribution >= 4 is 7.82 Å². The van der Waals surface area contributed by atoms with Crippen molar-refractivity contribution in [3.63, 3.8) is 0 Å². The Kier molecular flexibility index (Phi) is 10.4. The molecule has 2 rings (SSSR count). The number of rotatable bonds is 14. The third-order valence-electron chi connectivity index (χ3n) is 4.15. The summed E-state index contributed by atoms with van der Waals surface area (Å²) in [5.41, 5.74) is 2.48. The van der Waals surface area contributed by atoms with Crippen molar-refractivity contribution in [1.82, 2.24) is 0 Å². The minimum Gasteiger partial charge on any atom is -0.287 e. The van der Waals surface area contributed by atoms with Crippen molar-refractivity contribution in [2.24, 2.45) is 0 Å². The highest BCUT2D eigenvalue weighted by Crippen LogP contribution is 2.49. The Morgan fingerprint density at radius 1 is 0.667 bits per heavy atom. The predicted octanol–water partition coefficient (Wildman–Crippen LogP) is 6.21. The topological polar surface area (TPSA) is 44.8 Å². The Morgan fingerprint density at radius 3 is 1.48 bits per heavy atom. The first-order chi connectivity index (χ1) is 13.2. The fraction of sp³-hybridized carbons (Fsp3) is 0.455. The average Bonchev–Trinajstić information content (AvgIpc) is 2.71. The zero-order chi connectivity index (χ0) is 19.2. The number of hydrogen-bond acceptors (Lipinski definition) is 4. The van der Waals surface area contributed by atoms with Gasteiger partial charge < -0.3 is 0 Å². The summed E-state index contributed by atoms with van der Waals surface area (Å²) < 4.78 is 29.5. The number of unbranched alkanes of at least 4 members (excludes halogenated alkanes) is 1. The monoisotopic (exact) mass is 390 g/mol. The van der Waals surface area contributed by atoms with Gasteiger partial charge in [0.05, 0.1) is 19.8 Å². The minimum atomic E-state index is -3.49. The molecule has 0 bridgehead atoms. The van der Waals surface area contributed by atoms with Gasteiger partial charge in [-0.25, -0.2) is 4.57 Å². The molecule has 27 heavy (non-hydrogen) atoms. The molecule has 0 fully saturated rings. The average molecular weight is 390 g/mol. The van der Waals surface area contributed by atoms with E-state index in [9.17, 15) is 4.57 Å². The Labute approximate surface area is 163 Å².